The van der Waals surface area contributed by atoms with Crippen LogP contribution in [0.3, 0.4) is 0 Å². The van der Waals surface area contributed by atoms with Crippen molar-refractivity contribution in [2.45, 2.75) is 265 Å². The number of fused-ring (bicyclic) bond motifs is 16. The second-order valence-electron chi connectivity index (χ2n) is 41.6. The molecule has 764 valence electrons. The first-order chi connectivity index (χ1) is 71.6. The molecule has 2 aliphatic heterocycles. The third kappa shape index (κ3) is 24.0. The van der Waals surface area contributed by atoms with Gasteiger partial charge in [0.05, 0.1) is 143 Å². The Morgan fingerprint density at radius 2 is 0.685 bits per heavy atom. The fourth-order valence-corrected chi connectivity index (χ4v) is 23.1. The highest BCUT2D eigenvalue weighted by atomic mass is 16.8. The van der Waals surface area contributed by atoms with Gasteiger partial charge in [0.25, 0.3) is 0 Å². The van der Waals surface area contributed by atoms with Gasteiger partial charge in [-0.05, 0) is 245 Å². The van der Waals surface area contributed by atoms with Crippen LogP contribution in [0, 0.1) is 0 Å². The van der Waals surface area contributed by atoms with Crippen molar-refractivity contribution in [2.24, 2.45) is 7.05 Å². The van der Waals surface area contributed by atoms with Gasteiger partial charge in [-0.1, -0.05) is 176 Å². The Labute approximate surface area is 860 Å². The lowest BCUT2D eigenvalue weighted by molar-refractivity contribution is -0.00692. The lowest BCUT2D eigenvalue weighted by Gasteiger charge is -2.35. The van der Waals surface area contributed by atoms with Crippen molar-refractivity contribution in [3.63, 3.8) is 0 Å². The Balaban J connectivity index is 0.000000123. The molecule has 16 aromatic rings. The molecule has 25 nitrogen and oxygen atoms in total. The Bertz CT molecular complexity index is 7090. The standard InChI is InChI=1S/C32H41N5O.C31H37N5O3.C31H38N4O3.C27H32N4/c1-2-3-6-15-36(30-13-7-9-25-10-8-14-33-32(25)30)24-26-22-28-27-11-4-5-12-29(27)37(31(28)23-34-26)17-16-35-18-20-38-21-19-35;1-2-3-6-15-35(28-13-7-9-23-10-8-14-32-30(23)28)22-24-20-26-25-11-4-5-12-27(25)36(29(26)21-33-24)39-31(37)34-16-18-38-19-17-34;1-5-6-9-18-34(27-16-10-12-22-13-11-17-32-29(22)27)21-23-19-25-24-14-7-8-15-26(24)35(28(25)20-33-23)38-30(36)37-31(2,3)4;1-3-4-7-16-31(25-14-8-10-20-11-9-15-28-27(20)25)19-21-17-23-22-12-5-6-13-24(22)30(2)26(23)18-29-21/h4-5,8,10-12,14,22-23,30H,2-3,6-7,9,13,15-21,24H2,1H3;4-5,8,10-12,14,20-21,28H,2-3,6-7,9,13,15-19,22H2,1H3;7-8,11,13-15,17,19-20,27H,5-6,9-10,12,16,18,21H2,1-4H3;5-6,9,11-13,15,17-18,25H,3-4,7-8,10,14,16,19H2,1-2H3/t30-;28-;27-;25-/m1111/s1. The molecular formula is C121H148N18O7. The number of morpholine rings is 2. The molecule has 2 saturated heterocycles. The van der Waals surface area contributed by atoms with Crippen molar-refractivity contribution in [3.8, 4) is 0 Å². The maximum Gasteiger partial charge on any atom is 0.534 e. The van der Waals surface area contributed by atoms with Gasteiger partial charge in [-0.25, -0.2) is 9.59 Å². The second-order valence-corrected chi connectivity index (χ2v) is 41.6. The lowest BCUT2D eigenvalue weighted by atomic mass is 9.90. The number of hydrogen-bond acceptors (Lipinski definition) is 20. The summed E-state index contributed by atoms with van der Waals surface area (Å²) >= 11 is 0. The molecule has 0 bridgehead atoms. The van der Waals surface area contributed by atoms with Crippen molar-refractivity contribution in [3.05, 3.63) is 287 Å². The number of hydrogen-bond donors (Lipinski definition) is 0. The quantitative estimate of drug-likeness (QED) is 0.0275. The smallest absolute Gasteiger partial charge is 0.427 e. The molecule has 6 aliphatic rings. The minimum absolute atomic E-state index is 0.297. The van der Waals surface area contributed by atoms with Gasteiger partial charge in [0.1, 0.15) is 16.6 Å². The number of carbonyl (C=O) groups excluding carboxylic acids is 2. The summed E-state index contributed by atoms with van der Waals surface area (Å²) in [5.74, 6) is 0. The van der Waals surface area contributed by atoms with Crippen LogP contribution in [0.4, 0.5) is 9.59 Å². The summed E-state index contributed by atoms with van der Waals surface area (Å²) in [6.45, 7) is 29.8. The highest BCUT2D eigenvalue weighted by Crippen LogP contribution is 2.42. The summed E-state index contributed by atoms with van der Waals surface area (Å²) in [5, 5.41) is 9.37. The van der Waals surface area contributed by atoms with Gasteiger partial charge >= 0.3 is 12.2 Å². The van der Waals surface area contributed by atoms with E-state index in [4.69, 9.17) is 63.8 Å². The molecule has 0 N–H and O–H groups in total. The SMILES string of the molecule is CCCCCN(Cc1cc2c3ccccc3n(C)c2cn1)[C@@H]1CCCc2cccnc21.CCCCCN(Cc1cc2c3ccccc3n(CCN3CCOCC3)c2cn1)[C@@H]1CCCc2cccnc21.CCCCCN(Cc1cc2c3ccccc3n(OC(=O)N3CCOCC3)c2cn1)[C@@H]1CCCc2cccnc21.CCCCCN(Cc1cc2c3ccccc3n(OC(=O)OC(C)(C)C)c2cn1)[C@@H]1CCCc2cccnc21. The van der Waals surface area contributed by atoms with E-state index in [2.05, 4.69) is 208 Å². The molecule has 0 radical (unpaired) electrons. The molecule has 12 aromatic heterocycles. The number of aromatic nitrogens is 12. The molecule has 0 spiro atoms. The van der Waals surface area contributed by atoms with Crippen LogP contribution in [0.2, 0.25) is 0 Å². The highest BCUT2D eigenvalue weighted by Gasteiger charge is 2.35. The summed E-state index contributed by atoms with van der Waals surface area (Å²) in [6, 6.07) is 61.1. The largest absolute Gasteiger partial charge is 0.534 e. The molecule has 0 saturated carbocycles. The van der Waals surface area contributed by atoms with Crippen molar-refractivity contribution in [2.75, 3.05) is 85.3 Å². The number of carbonyl (C=O) groups is 2. The molecule has 4 atom stereocenters. The predicted octanol–water partition coefficient (Wildman–Crippen LogP) is 24.7. The van der Waals surface area contributed by atoms with Crippen LogP contribution in [-0.2, 0) is 79.7 Å². The third-order valence-corrected chi connectivity index (χ3v) is 30.5. The van der Waals surface area contributed by atoms with Crippen molar-refractivity contribution in [1.29, 1.82) is 0 Å². The van der Waals surface area contributed by atoms with E-state index in [-0.39, 0.29) is 6.09 Å². The zero-order valence-corrected chi connectivity index (χ0v) is 87.2. The van der Waals surface area contributed by atoms with Crippen molar-refractivity contribution < 1.29 is 33.5 Å². The molecule has 2 fully saturated rings. The van der Waals surface area contributed by atoms with E-state index in [0.29, 0.717) is 50.5 Å². The van der Waals surface area contributed by atoms with E-state index in [1.807, 2.05) is 100 Å². The van der Waals surface area contributed by atoms with Crippen LogP contribution in [-0.4, -0.2) is 191 Å². The average molecular weight is 1970 g/mol. The van der Waals surface area contributed by atoms with Gasteiger partial charge in [0.2, 0.25) is 0 Å². The van der Waals surface area contributed by atoms with Gasteiger partial charge in [0, 0.05) is 151 Å². The summed E-state index contributed by atoms with van der Waals surface area (Å²) in [7, 11) is 2.13. The second kappa shape index (κ2) is 48.9. The molecule has 1 amide bonds. The first-order valence-corrected chi connectivity index (χ1v) is 54.6. The molecular weight excluding hydrogens is 1820 g/mol. The monoisotopic (exact) mass is 1970 g/mol. The Morgan fingerprint density at radius 3 is 1.08 bits per heavy atom. The number of aryl methyl sites for hydroxylation is 5. The maximum atomic E-state index is 13.0. The number of pyridine rings is 8. The number of amides is 1. The van der Waals surface area contributed by atoms with Gasteiger partial charge in [-0.3, -0.25) is 64.4 Å². The average Bonchev–Trinajstić information content (AvgIpc) is 1.60. The maximum absolute atomic E-state index is 13.0. The summed E-state index contributed by atoms with van der Waals surface area (Å²) < 4.78 is 24.2. The van der Waals surface area contributed by atoms with E-state index in [0.717, 1.165) is 210 Å². The Morgan fingerprint density at radius 1 is 0.356 bits per heavy atom. The van der Waals surface area contributed by atoms with Crippen LogP contribution < -0.4 is 9.68 Å². The summed E-state index contributed by atoms with van der Waals surface area (Å²) in [5.41, 5.74) is 22.5. The molecule has 25 heteroatoms. The Kier molecular flexibility index (Phi) is 34.2. The van der Waals surface area contributed by atoms with Crippen molar-refractivity contribution >= 4 is 99.5 Å². The molecule has 22 rings (SSSR count). The van der Waals surface area contributed by atoms with E-state index < -0.39 is 11.8 Å². The third-order valence-electron chi connectivity index (χ3n) is 30.5. The minimum Gasteiger partial charge on any atom is -0.427 e. The van der Waals surface area contributed by atoms with E-state index in [1.54, 1.807) is 9.63 Å². The summed E-state index contributed by atoms with van der Waals surface area (Å²) in [6.07, 6.45) is 43.1. The highest BCUT2D eigenvalue weighted by molar-refractivity contribution is 6.10. The fraction of sp³-hybridized carbons (Fsp3) is 0.455. The molecule has 0 unspecified atom stereocenters. The molecule has 14 heterocycles. The minimum atomic E-state index is -0.741. The van der Waals surface area contributed by atoms with Crippen LogP contribution >= 0.6 is 0 Å². The number of nitrogens with zero attached hydrogens (tertiary/aromatic N) is 18. The van der Waals surface area contributed by atoms with Crippen LogP contribution in [0.25, 0.3) is 87.2 Å². The number of ether oxygens (including phenoxy) is 3. The topological polar surface area (TPSA) is 223 Å². The number of rotatable bonds is 33. The first kappa shape index (κ1) is 102. The van der Waals surface area contributed by atoms with Gasteiger partial charge in [0.15, 0.2) is 0 Å². The first-order valence-electron chi connectivity index (χ1n) is 54.6. The number of para-hydroxylation sites is 4. The van der Waals surface area contributed by atoms with Crippen LogP contribution in [0.1, 0.15) is 269 Å². The van der Waals surface area contributed by atoms with Gasteiger partial charge in [-0.2, -0.15) is 9.46 Å². The summed E-state index contributed by atoms with van der Waals surface area (Å²) in [4.78, 5) is 90.8. The normalized spacial score (nSPS) is 17.0. The van der Waals surface area contributed by atoms with Gasteiger partial charge < -0.3 is 37.9 Å². The van der Waals surface area contributed by atoms with E-state index in [9.17, 15) is 9.59 Å². The fourth-order valence-electron chi connectivity index (χ4n) is 23.1. The zero-order valence-electron chi connectivity index (χ0n) is 87.2. The van der Waals surface area contributed by atoms with E-state index in [1.165, 1.54) is 196 Å². The predicted molar refractivity (Wildman–Crippen MR) is 584 cm³/mol. The zero-order chi connectivity index (χ0) is 100. The molecule has 4 aliphatic carbocycles. The van der Waals surface area contributed by atoms with Crippen LogP contribution in [0.15, 0.2) is 219 Å². The Hall–Kier alpha value is -12.5. The molecule has 4 aromatic carbocycles. The van der Waals surface area contributed by atoms with E-state index >= 15 is 0 Å². The van der Waals surface area contributed by atoms with Crippen LogP contribution in [0.5, 0.6) is 0 Å². The molecule has 146 heavy (non-hydrogen) atoms. The lowest BCUT2D eigenvalue weighted by Crippen LogP contribution is -2.44. The number of benzene rings is 4. The van der Waals surface area contributed by atoms with Gasteiger partial charge in [-0.15, -0.1) is 0 Å². The van der Waals surface area contributed by atoms with Crippen molar-refractivity contribution in [1.82, 2.24) is 87.9 Å². The number of unbranched alkanes of at least 4 members (excludes halogenated alkanes) is 8.